The Labute approximate surface area is 134 Å². The number of aromatic nitrogens is 4. The maximum atomic E-state index is 12.4. The monoisotopic (exact) mass is 312 g/mol. The average Bonchev–Trinajstić information content (AvgIpc) is 3.08. The molecule has 0 fully saturated rings. The van der Waals surface area contributed by atoms with Gasteiger partial charge in [-0.2, -0.15) is 15.4 Å². The van der Waals surface area contributed by atoms with Crippen molar-refractivity contribution >= 4 is 17.0 Å². The first kappa shape index (κ1) is 15.3. The van der Waals surface area contributed by atoms with Crippen molar-refractivity contribution in [2.45, 2.75) is 40.3 Å². The molecular weight excluding hydrogens is 292 g/mol. The van der Waals surface area contributed by atoms with Crippen LogP contribution in [0.25, 0.3) is 11.0 Å². The molecule has 23 heavy (non-hydrogen) atoms. The number of carbonyl (C=O) groups excluding carboxylic acids is 1. The van der Waals surface area contributed by atoms with E-state index in [-0.39, 0.29) is 12.6 Å². The smallest absolute Gasteiger partial charge is 0.340 e. The summed E-state index contributed by atoms with van der Waals surface area (Å²) < 4.78 is 7.59. The molecule has 0 aliphatic carbocycles. The molecule has 0 unspecified atom stereocenters. The van der Waals surface area contributed by atoms with E-state index in [0.29, 0.717) is 11.6 Å². The molecule has 0 saturated carbocycles. The van der Waals surface area contributed by atoms with Gasteiger partial charge in [-0.3, -0.25) is 0 Å². The maximum Gasteiger partial charge on any atom is 0.340 e. The Balaban J connectivity index is 1.75. The zero-order valence-corrected chi connectivity index (χ0v) is 13.8. The van der Waals surface area contributed by atoms with E-state index in [1.807, 2.05) is 38.1 Å². The summed E-state index contributed by atoms with van der Waals surface area (Å²) in [5, 5.41) is 10.6. The summed E-state index contributed by atoms with van der Waals surface area (Å²) in [5.74, 6) is -0.301. The molecule has 2 heterocycles. The number of rotatable bonds is 4. The predicted molar refractivity (Wildman–Crippen MR) is 87.3 cm³/mol. The summed E-state index contributed by atoms with van der Waals surface area (Å²) in [6.45, 7) is 8.37. The number of ether oxygens (including phenoxy) is 1. The second-order valence-corrected chi connectivity index (χ2v) is 5.97. The fraction of sp³-hybridized carbons (Fsp3) is 0.353. The van der Waals surface area contributed by atoms with Crippen molar-refractivity contribution in [1.82, 2.24) is 20.0 Å². The van der Waals surface area contributed by atoms with Crippen molar-refractivity contribution in [1.29, 1.82) is 0 Å². The topological polar surface area (TPSA) is 72.8 Å². The molecule has 1 N–H and O–H groups in total. The third kappa shape index (κ3) is 2.84. The highest BCUT2D eigenvalue weighted by Crippen LogP contribution is 2.21. The lowest BCUT2D eigenvalue weighted by atomic mass is 10.2. The van der Waals surface area contributed by atoms with Crippen molar-refractivity contribution in [3.8, 4) is 0 Å². The maximum absolute atomic E-state index is 12.4. The van der Waals surface area contributed by atoms with Crippen LogP contribution in [0.1, 0.15) is 47.2 Å². The fourth-order valence-corrected chi connectivity index (χ4v) is 2.98. The molecule has 2 aromatic heterocycles. The molecule has 0 saturated heterocycles. The number of carbonyl (C=O) groups is 1. The van der Waals surface area contributed by atoms with Crippen molar-refractivity contribution in [3.05, 3.63) is 46.8 Å². The molecule has 3 rings (SSSR count). The minimum absolute atomic E-state index is 0.215. The molecule has 6 heteroatoms. The van der Waals surface area contributed by atoms with Crippen LogP contribution in [0.15, 0.2) is 24.3 Å². The van der Waals surface area contributed by atoms with Gasteiger partial charge in [0, 0.05) is 17.4 Å². The second-order valence-electron chi connectivity index (χ2n) is 5.97. The molecule has 0 aliphatic heterocycles. The number of hydrogen-bond acceptors (Lipinski definition) is 4. The van der Waals surface area contributed by atoms with Crippen LogP contribution in [0.5, 0.6) is 0 Å². The van der Waals surface area contributed by atoms with E-state index < -0.39 is 0 Å². The Morgan fingerprint density at radius 2 is 1.96 bits per heavy atom. The molecule has 1 aromatic carbocycles. The molecular formula is C17H20N4O2. The molecule has 0 amide bonds. The summed E-state index contributed by atoms with van der Waals surface area (Å²) in [6.07, 6.45) is 0. The van der Waals surface area contributed by atoms with Gasteiger partial charge < -0.3 is 9.30 Å². The zero-order chi connectivity index (χ0) is 16.6. The lowest BCUT2D eigenvalue weighted by Crippen LogP contribution is -2.09. The summed E-state index contributed by atoms with van der Waals surface area (Å²) in [7, 11) is 0. The van der Waals surface area contributed by atoms with E-state index in [0.717, 1.165) is 28.0 Å². The van der Waals surface area contributed by atoms with Crippen molar-refractivity contribution in [2.75, 3.05) is 0 Å². The Bertz CT molecular complexity index is 861. The first-order chi connectivity index (χ1) is 11.0. The molecule has 3 aromatic rings. The van der Waals surface area contributed by atoms with Crippen molar-refractivity contribution in [2.24, 2.45) is 0 Å². The fourth-order valence-electron chi connectivity index (χ4n) is 2.98. The van der Waals surface area contributed by atoms with Crippen molar-refractivity contribution in [3.63, 3.8) is 0 Å². The summed E-state index contributed by atoms with van der Waals surface area (Å²) >= 11 is 0. The lowest BCUT2D eigenvalue weighted by Gasteiger charge is -2.13. The van der Waals surface area contributed by atoms with Gasteiger partial charge in [0.05, 0.1) is 5.56 Å². The minimum atomic E-state index is -0.301. The molecule has 0 atom stereocenters. The van der Waals surface area contributed by atoms with Crippen LogP contribution in [-0.2, 0) is 11.3 Å². The average molecular weight is 312 g/mol. The molecule has 0 aliphatic rings. The van der Waals surface area contributed by atoms with Crippen LogP contribution >= 0.6 is 0 Å². The quantitative estimate of drug-likeness (QED) is 0.750. The first-order valence-electron chi connectivity index (χ1n) is 7.62. The molecule has 120 valence electrons. The number of aromatic amines is 1. The van der Waals surface area contributed by atoms with Crippen LogP contribution in [0.4, 0.5) is 0 Å². The summed E-state index contributed by atoms with van der Waals surface area (Å²) in [4.78, 5) is 12.4. The van der Waals surface area contributed by atoms with E-state index in [1.165, 1.54) is 0 Å². The predicted octanol–water partition coefficient (Wildman–Crippen LogP) is 3.31. The second kappa shape index (κ2) is 5.87. The van der Waals surface area contributed by atoms with Gasteiger partial charge in [-0.1, -0.05) is 6.07 Å². The van der Waals surface area contributed by atoms with E-state index in [9.17, 15) is 4.79 Å². The summed E-state index contributed by atoms with van der Waals surface area (Å²) in [5.41, 5.74) is 5.07. The third-order valence-corrected chi connectivity index (χ3v) is 3.97. The minimum Gasteiger partial charge on any atom is -0.457 e. The highest BCUT2D eigenvalue weighted by atomic mass is 16.5. The van der Waals surface area contributed by atoms with Crippen LogP contribution in [-0.4, -0.2) is 25.9 Å². The number of esters is 1. The molecule has 6 nitrogen and oxygen atoms in total. The largest absolute Gasteiger partial charge is 0.457 e. The van der Waals surface area contributed by atoms with Crippen LogP contribution in [0, 0.1) is 13.8 Å². The number of nitrogens with zero attached hydrogens (tertiary/aromatic N) is 3. The SMILES string of the molecule is Cc1cc(C(=O)OCc2ccc3n[nH]nc3c2)c(C)n1C(C)C. The normalized spacial score (nSPS) is 11.3. The van der Waals surface area contributed by atoms with E-state index in [4.69, 9.17) is 4.74 Å². The lowest BCUT2D eigenvalue weighted by molar-refractivity contribution is 0.0472. The number of hydrogen-bond donors (Lipinski definition) is 1. The molecule has 0 spiro atoms. The number of benzene rings is 1. The highest BCUT2D eigenvalue weighted by molar-refractivity contribution is 5.91. The Kier molecular flexibility index (Phi) is 3.90. The number of H-pyrrole nitrogens is 1. The van der Waals surface area contributed by atoms with E-state index >= 15 is 0 Å². The Morgan fingerprint density at radius 1 is 1.22 bits per heavy atom. The van der Waals surface area contributed by atoms with Crippen LogP contribution < -0.4 is 0 Å². The van der Waals surface area contributed by atoms with Crippen LogP contribution in [0.2, 0.25) is 0 Å². The molecule has 0 radical (unpaired) electrons. The van der Waals surface area contributed by atoms with Gasteiger partial charge in [-0.25, -0.2) is 4.79 Å². The first-order valence-corrected chi connectivity index (χ1v) is 7.62. The van der Waals surface area contributed by atoms with Crippen LogP contribution in [0.3, 0.4) is 0 Å². The summed E-state index contributed by atoms with van der Waals surface area (Å²) in [6, 6.07) is 7.80. The van der Waals surface area contributed by atoms with Crippen molar-refractivity contribution < 1.29 is 9.53 Å². The number of fused-ring (bicyclic) bond motifs is 1. The Hall–Kier alpha value is -2.63. The standard InChI is InChI=1S/C17H20N4O2/c1-10(2)21-11(3)7-14(12(21)4)17(22)23-9-13-5-6-15-16(8-13)19-20-18-15/h5-8,10H,9H2,1-4H3,(H,18,19,20). The number of nitrogens with one attached hydrogen (secondary N) is 1. The molecule has 0 bridgehead atoms. The number of aryl methyl sites for hydroxylation is 1. The third-order valence-electron chi connectivity index (χ3n) is 3.97. The Morgan fingerprint density at radius 3 is 2.65 bits per heavy atom. The van der Waals surface area contributed by atoms with Gasteiger partial charge in [-0.15, -0.1) is 0 Å². The van der Waals surface area contributed by atoms with Gasteiger partial charge in [-0.05, 0) is 51.5 Å². The van der Waals surface area contributed by atoms with E-state index in [1.54, 1.807) is 0 Å². The van der Waals surface area contributed by atoms with E-state index in [2.05, 4.69) is 33.8 Å². The zero-order valence-electron chi connectivity index (χ0n) is 13.8. The van der Waals surface area contributed by atoms with Gasteiger partial charge in [0.25, 0.3) is 0 Å². The highest BCUT2D eigenvalue weighted by Gasteiger charge is 2.18. The van der Waals surface area contributed by atoms with Gasteiger partial charge in [0.15, 0.2) is 0 Å². The van der Waals surface area contributed by atoms with Gasteiger partial charge in [0.1, 0.15) is 17.6 Å². The van der Waals surface area contributed by atoms with Gasteiger partial charge in [0.2, 0.25) is 0 Å². The van der Waals surface area contributed by atoms with Gasteiger partial charge >= 0.3 is 5.97 Å².